The summed E-state index contributed by atoms with van der Waals surface area (Å²) in [4.78, 5) is 25.5. The number of imidazole rings is 1. The van der Waals surface area contributed by atoms with Crippen LogP contribution in [0.2, 0.25) is 5.02 Å². The topological polar surface area (TPSA) is 91.6 Å². The number of nitrogens with zero attached hydrogens (tertiary/aromatic N) is 6. The SMILES string of the molecule is Cn1cnc2ncn(Cc3nc([C@H]4[C@@H]5Cc6cc(Cl)ccc6[C@@H]54)no3)c(=O)c21. The lowest BCUT2D eigenvalue weighted by atomic mass is 10.0. The summed E-state index contributed by atoms with van der Waals surface area (Å²) in [5.74, 6) is 2.34. The number of halogens is 1. The zero-order valence-corrected chi connectivity index (χ0v) is 15.7. The Kier molecular flexibility index (Phi) is 3.15. The third kappa shape index (κ3) is 2.21. The molecular weight excluding hydrogens is 380 g/mol. The molecule has 0 aliphatic heterocycles. The van der Waals surface area contributed by atoms with Gasteiger partial charge in [0.05, 0.1) is 6.33 Å². The van der Waals surface area contributed by atoms with Crippen molar-refractivity contribution in [2.24, 2.45) is 13.0 Å². The van der Waals surface area contributed by atoms with Crippen LogP contribution in [0.1, 0.15) is 34.7 Å². The van der Waals surface area contributed by atoms with E-state index in [0.717, 1.165) is 11.4 Å². The van der Waals surface area contributed by atoms with E-state index in [4.69, 9.17) is 16.1 Å². The molecule has 1 fully saturated rings. The molecule has 3 aromatic heterocycles. The molecule has 28 heavy (non-hydrogen) atoms. The summed E-state index contributed by atoms with van der Waals surface area (Å²) in [5, 5.41) is 4.96. The summed E-state index contributed by atoms with van der Waals surface area (Å²) < 4.78 is 8.56. The van der Waals surface area contributed by atoms with Crippen molar-refractivity contribution >= 4 is 22.8 Å². The Labute approximate surface area is 163 Å². The predicted molar refractivity (Wildman–Crippen MR) is 100 cm³/mol. The number of benzene rings is 1. The van der Waals surface area contributed by atoms with Gasteiger partial charge in [0.2, 0.25) is 5.89 Å². The van der Waals surface area contributed by atoms with E-state index in [9.17, 15) is 4.79 Å². The Balaban J connectivity index is 1.27. The molecule has 1 aromatic carbocycles. The van der Waals surface area contributed by atoms with Crippen LogP contribution in [0.5, 0.6) is 0 Å². The minimum Gasteiger partial charge on any atom is -0.337 e. The van der Waals surface area contributed by atoms with Crippen molar-refractivity contribution in [1.82, 2.24) is 29.2 Å². The number of hydrogen-bond donors (Lipinski definition) is 0. The number of aryl methyl sites for hydroxylation is 1. The molecule has 8 nitrogen and oxygen atoms in total. The summed E-state index contributed by atoms with van der Waals surface area (Å²) in [6.45, 7) is 0.189. The fraction of sp³-hybridized carbons (Fsp3) is 0.316. The van der Waals surface area contributed by atoms with Crippen molar-refractivity contribution in [3.05, 3.63) is 69.1 Å². The summed E-state index contributed by atoms with van der Waals surface area (Å²) in [7, 11) is 1.77. The van der Waals surface area contributed by atoms with Gasteiger partial charge in [-0.25, -0.2) is 9.97 Å². The minimum absolute atomic E-state index is 0.182. The van der Waals surface area contributed by atoms with Crippen LogP contribution in [0.3, 0.4) is 0 Å². The van der Waals surface area contributed by atoms with Crippen molar-refractivity contribution in [2.45, 2.75) is 24.8 Å². The van der Waals surface area contributed by atoms with Gasteiger partial charge in [0.1, 0.15) is 12.9 Å². The maximum Gasteiger partial charge on any atom is 0.280 e. The summed E-state index contributed by atoms with van der Waals surface area (Å²) in [6, 6.07) is 6.10. The number of aromatic nitrogens is 6. The molecule has 0 spiro atoms. The van der Waals surface area contributed by atoms with E-state index in [2.05, 4.69) is 32.2 Å². The van der Waals surface area contributed by atoms with Crippen LogP contribution < -0.4 is 5.56 Å². The quantitative estimate of drug-likeness (QED) is 0.529. The molecule has 3 atom stereocenters. The molecule has 9 heteroatoms. The zero-order valence-electron chi connectivity index (χ0n) is 14.9. The van der Waals surface area contributed by atoms with E-state index in [-0.39, 0.29) is 18.0 Å². The first kappa shape index (κ1) is 16.0. The molecule has 0 radical (unpaired) electrons. The predicted octanol–water partition coefficient (Wildman–Crippen LogP) is 2.27. The van der Waals surface area contributed by atoms with Gasteiger partial charge in [0.15, 0.2) is 17.0 Å². The van der Waals surface area contributed by atoms with Crippen LogP contribution >= 0.6 is 11.6 Å². The molecule has 0 unspecified atom stereocenters. The van der Waals surface area contributed by atoms with Crippen molar-refractivity contribution in [3.8, 4) is 0 Å². The molecule has 2 aliphatic rings. The lowest BCUT2D eigenvalue weighted by Gasteiger charge is -2.05. The van der Waals surface area contributed by atoms with Gasteiger partial charge < -0.3 is 9.09 Å². The summed E-state index contributed by atoms with van der Waals surface area (Å²) in [5.41, 5.74) is 3.37. The highest BCUT2D eigenvalue weighted by atomic mass is 35.5. The van der Waals surface area contributed by atoms with Crippen molar-refractivity contribution in [3.63, 3.8) is 0 Å². The number of hydrogen-bond acceptors (Lipinski definition) is 6. The Morgan fingerprint density at radius 3 is 3.00 bits per heavy atom. The Hall–Kier alpha value is -3.00. The second-order valence-corrected chi connectivity index (χ2v) is 7.95. The van der Waals surface area contributed by atoms with Gasteiger partial charge in [-0.1, -0.05) is 22.8 Å². The van der Waals surface area contributed by atoms with Crippen LogP contribution in [0.25, 0.3) is 11.2 Å². The largest absolute Gasteiger partial charge is 0.337 e. The molecule has 2 aliphatic carbocycles. The molecule has 0 saturated heterocycles. The Morgan fingerprint density at radius 1 is 1.25 bits per heavy atom. The van der Waals surface area contributed by atoms with Crippen LogP contribution in [0.15, 0.2) is 40.2 Å². The summed E-state index contributed by atoms with van der Waals surface area (Å²) in [6.07, 6.45) is 4.04. The third-order valence-electron chi connectivity index (χ3n) is 5.88. The maximum atomic E-state index is 12.7. The molecule has 4 aromatic rings. The molecule has 6 rings (SSSR count). The van der Waals surface area contributed by atoms with Gasteiger partial charge in [-0.05, 0) is 41.5 Å². The van der Waals surface area contributed by atoms with E-state index >= 15 is 0 Å². The fourth-order valence-electron chi connectivity index (χ4n) is 4.53. The van der Waals surface area contributed by atoms with E-state index in [1.54, 1.807) is 17.9 Å². The van der Waals surface area contributed by atoms with E-state index in [1.165, 1.54) is 22.0 Å². The normalized spacial score (nSPS) is 22.4. The van der Waals surface area contributed by atoms with Crippen molar-refractivity contribution in [2.75, 3.05) is 0 Å². The first-order valence-corrected chi connectivity index (χ1v) is 9.45. The highest BCUT2D eigenvalue weighted by Crippen LogP contribution is 2.66. The number of rotatable bonds is 3. The molecule has 3 heterocycles. The zero-order chi connectivity index (χ0) is 19.0. The van der Waals surface area contributed by atoms with Gasteiger partial charge in [0.25, 0.3) is 5.56 Å². The van der Waals surface area contributed by atoms with Crippen LogP contribution in [0, 0.1) is 5.92 Å². The molecule has 1 saturated carbocycles. The monoisotopic (exact) mass is 394 g/mol. The third-order valence-corrected chi connectivity index (χ3v) is 6.11. The smallest absolute Gasteiger partial charge is 0.280 e. The minimum atomic E-state index is -0.182. The molecule has 0 N–H and O–H groups in total. The number of fused-ring (bicyclic) bond motifs is 4. The average molecular weight is 395 g/mol. The second kappa shape index (κ2) is 5.51. The van der Waals surface area contributed by atoms with Gasteiger partial charge in [-0.15, -0.1) is 0 Å². The average Bonchev–Trinajstić information content (AvgIpc) is 3.04. The fourth-order valence-corrected chi connectivity index (χ4v) is 4.73. The van der Waals surface area contributed by atoms with Crippen LogP contribution in [-0.2, 0) is 20.0 Å². The lowest BCUT2D eigenvalue weighted by molar-refractivity contribution is 0.364. The first-order valence-electron chi connectivity index (χ1n) is 9.07. The first-order chi connectivity index (χ1) is 13.6. The molecular formula is C19H15ClN6O2. The summed E-state index contributed by atoms with van der Waals surface area (Å²) >= 11 is 6.09. The Bertz CT molecular complexity index is 1310. The van der Waals surface area contributed by atoms with Crippen molar-refractivity contribution in [1.29, 1.82) is 0 Å². The van der Waals surface area contributed by atoms with Gasteiger partial charge in [-0.2, -0.15) is 4.98 Å². The molecule has 0 bridgehead atoms. The van der Waals surface area contributed by atoms with E-state index < -0.39 is 0 Å². The molecule has 140 valence electrons. The molecule has 0 amide bonds. The van der Waals surface area contributed by atoms with E-state index in [1.807, 2.05) is 6.07 Å². The van der Waals surface area contributed by atoms with Crippen LogP contribution in [-0.4, -0.2) is 29.2 Å². The van der Waals surface area contributed by atoms with Crippen molar-refractivity contribution < 1.29 is 4.52 Å². The van der Waals surface area contributed by atoms with E-state index in [0.29, 0.717) is 34.7 Å². The van der Waals surface area contributed by atoms with Gasteiger partial charge >= 0.3 is 0 Å². The highest BCUT2D eigenvalue weighted by Gasteiger charge is 2.58. The van der Waals surface area contributed by atoms with Crippen LogP contribution in [0.4, 0.5) is 0 Å². The highest BCUT2D eigenvalue weighted by molar-refractivity contribution is 6.30. The Morgan fingerprint density at radius 2 is 2.11 bits per heavy atom. The standard InChI is InChI=1S/C19H15ClN6O2/c1-25-7-21-18-16(25)19(27)26(8-22-18)6-13-23-17(24-28-13)15-12-5-9-4-10(20)2-3-11(9)14(12)15/h2-4,7-8,12,14-15H,5-6H2,1H3/t12-,14+,15+/m1/s1. The van der Waals surface area contributed by atoms with Gasteiger partial charge in [-0.3, -0.25) is 9.36 Å². The maximum absolute atomic E-state index is 12.7. The second-order valence-electron chi connectivity index (χ2n) is 7.51. The lowest BCUT2D eigenvalue weighted by Crippen LogP contribution is -2.22. The van der Waals surface area contributed by atoms with Gasteiger partial charge in [0, 0.05) is 18.0 Å².